The molecule has 0 amide bonds. The van der Waals surface area contributed by atoms with Gasteiger partial charge >= 0.3 is 0 Å². The Labute approximate surface area is 125 Å². The molecule has 0 fully saturated rings. The van der Waals surface area contributed by atoms with E-state index < -0.39 is 11.6 Å². The quantitative estimate of drug-likeness (QED) is 0.769. The average molecular weight is 301 g/mol. The molecule has 1 rings (SSSR count). The van der Waals surface area contributed by atoms with Crippen molar-refractivity contribution in [1.82, 2.24) is 5.32 Å². The Morgan fingerprint density at radius 1 is 1.10 bits per heavy atom. The van der Waals surface area contributed by atoms with E-state index in [4.69, 9.17) is 0 Å². The normalized spacial score (nSPS) is 13.8. The maximum Gasteiger partial charge on any atom is 0.140 e. The first kappa shape index (κ1) is 17.4. The zero-order chi connectivity index (χ0) is 15.5. The van der Waals surface area contributed by atoms with Crippen LogP contribution in [0.3, 0.4) is 0 Å². The monoisotopic (exact) mass is 301 g/mol. The van der Waals surface area contributed by atoms with Crippen LogP contribution >= 0.6 is 11.8 Å². The van der Waals surface area contributed by atoms with Gasteiger partial charge in [-0.05, 0) is 44.4 Å². The van der Waals surface area contributed by atoms with E-state index in [-0.39, 0.29) is 15.7 Å². The molecular weight excluding hydrogens is 276 g/mol. The smallest absolute Gasteiger partial charge is 0.140 e. The third-order valence-electron chi connectivity index (χ3n) is 3.12. The standard InChI is InChI=1S/C16H25F2NS/c1-10(2)11(3)20-15-13(17)7-12(8-14(15)18)9-19-16(4,5)6/h7-8,10-11,19H,9H2,1-6H3. The molecule has 1 aromatic carbocycles. The highest BCUT2D eigenvalue weighted by atomic mass is 32.2. The van der Waals surface area contributed by atoms with Crippen molar-refractivity contribution in [2.45, 2.75) is 63.8 Å². The lowest BCUT2D eigenvalue weighted by Crippen LogP contribution is -2.35. The fourth-order valence-electron chi connectivity index (χ4n) is 1.52. The molecular formula is C16H25F2NS. The van der Waals surface area contributed by atoms with Gasteiger partial charge in [-0.25, -0.2) is 8.78 Å². The van der Waals surface area contributed by atoms with E-state index in [1.165, 1.54) is 23.9 Å². The van der Waals surface area contributed by atoms with Gasteiger partial charge in [0.15, 0.2) is 0 Å². The number of hydrogen-bond acceptors (Lipinski definition) is 2. The number of nitrogens with one attached hydrogen (secondary N) is 1. The van der Waals surface area contributed by atoms with E-state index >= 15 is 0 Å². The molecule has 1 nitrogen and oxygen atoms in total. The Balaban J connectivity index is 2.86. The summed E-state index contributed by atoms with van der Waals surface area (Å²) < 4.78 is 28.1. The van der Waals surface area contributed by atoms with Crippen LogP contribution in [0.1, 0.15) is 47.1 Å². The highest BCUT2D eigenvalue weighted by molar-refractivity contribution is 8.00. The average Bonchev–Trinajstić information content (AvgIpc) is 2.29. The summed E-state index contributed by atoms with van der Waals surface area (Å²) in [5.74, 6) is -0.553. The second-order valence-electron chi connectivity index (χ2n) is 6.56. The number of thioether (sulfide) groups is 1. The van der Waals surface area contributed by atoms with Crippen molar-refractivity contribution in [2.24, 2.45) is 5.92 Å². The largest absolute Gasteiger partial charge is 0.308 e. The van der Waals surface area contributed by atoms with E-state index in [9.17, 15) is 8.78 Å². The predicted molar refractivity (Wildman–Crippen MR) is 83.1 cm³/mol. The first-order valence-corrected chi connectivity index (χ1v) is 7.87. The van der Waals surface area contributed by atoms with Crippen molar-refractivity contribution in [1.29, 1.82) is 0 Å². The van der Waals surface area contributed by atoms with E-state index in [2.05, 4.69) is 19.2 Å². The molecule has 0 saturated heterocycles. The van der Waals surface area contributed by atoms with Crippen LogP contribution in [0, 0.1) is 17.6 Å². The fraction of sp³-hybridized carbons (Fsp3) is 0.625. The van der Waals surface area contributed by atoms with Crippen molar-refractivity contribution >= 4 is 11.8 Å². The van der Waals surface area contributed by atoms with Crippen molar-refractivity contribution in [3.05, 3.63) is 29.3 Å². The second-order valence-corrected chi connectivity index (χ2v) is 7.95. The first-order chi connectivity index (χ1) is 9.10. The number of halogens is 2. The molecule has 0 spiro atoms. The minimum absolute atomic E-state index is 0.0769. The topological polar surface area (TPSA) is 12.0 Å². The molecule has 1 N–H and O–H groups in total. The molecule has 114 valence electrons. The summed E-state index contributed by atoms with van der Waals surface area (Å²) in [6.07, 6.45) is 0. The van der Waals surface area contributed by atoms with Gasteiger partial charge in [0.05, 0.1) is 4.90 Å². The maximum atomic E-state index is 14.1. The lowest BCUT2D eigenvalue weighted by Gasteiger charge is -2.21. The Hall–Kier alpha value is -0.610. The van der Waals surface area contributed by atoms with Crippen LogP contribution in [-0.2, 0) is 6.54 Å². The van der Waals surface area contributed by atoms with E-state index in [1.807, 2.05) is 27.7 Å². The first-order valence-electron chi connectivity index (χ1n) is 6.99. The van der Waals surface area contributed by atoms with Crippen LogP contribution in [0.5, 0.6) is 0 Å². The zero-order valence-electron chi connectivity index (χ0n) is 13.2. The number of benzene rings is 1. The van der Waals surface area contributed by atoms with Gasteiger partial charge in [-0.1, -0.05) is 20.8 Å². The lowest BCUT2D eigenvalue weighted by molar-refractivity contribution is 0.422. The molecule has 0 saturated carbocycles. The van der Waals surface area contributed by atoms with E-state index in [0.29, 0.717) is 18.0 Å². The highest BCUT2D eigenvalue weighted by Gasteiger charge is 2.17. The van der Waals surface area contributed by atoms with Crippen LogP contribution in [0.2, 0.25) is 0 Å². The van der Waals surface area contributed by atoms with Crippen LogP contribution in [0.25, 0.3) is 0 Å². The van der Waals surface area contributed by atoms with Gasteiger partial charge in [-0.3, -0.25) is 0 Å². The van der Waals surface area contributed by atoms with Gasteiger partial charge in [0, 0.05) is 17.3 Å². The van der Waals surface area contributed by atoms with Gasteiger partial charge in [0.1, 0.15) is 11.6 Å². The molecule has 0 aromatic heterocycles. The molecule has 0 bridgehead atoms. The summed E-state index contributed by atoms with van der Waals surface area (Å²) in [6.45, 7) is 12.6. The van der Waals surface area contributed by atoms with Gasteiger partial charge in [0.25, 0.3) is 0 Å². The molecule has 1 aromatic rings. The van der Waals surface area contributed by atoms with Crippen molar-refractivity contribution in [2.75, 3.05) is 0 Å². The fourth-order valence-corrected chi connectivity index (χ4v) is 2.50. The zero-order valence-corrected chi connectivity index (χ0v) is 14.0. The van der Waals surface area contributed by atoms with Crippen molar-refractivity contribution in [3.63, 3.8) is 0 Å². The molecule has 1 atom stereocenters. The molecule has 0 aliphatic carbocycles. The Morgan fingerprint density at radius 3 is 2.00 bits per heavy atom. The van der Waals surface area contributed by atoms with Crippen molar-refractivity contribution in [3.8, 4) is 0 Å². The SMILES string of the molecule is CC(C)C(C)Sc1c(F)cc(CNC(C)(C)C)cc1F. The third kappa shape index (κ3) is 5.41. The van der Waals surface area contributed by atoms with Gasteiger partial charge < -0.3 is 5.32 Å². The highest BCUT2D eigenvalue weighted by Crippen LogP contribution is 2.32. The minimum atomic E-state index is -0.465. The number of hydrogen-bond donors (Lipinski definition) is 1. The summed E-state index contributed by atoms with van der Waals surface area (Å²) in [6, 6.07) is 2.86. The third-order valence-corrected chi connectivity index (χ3v) is 4.67. The molecule has 4 heteroatoms. The van der Waals surface area contributed by atoms with E-state index in [0.717, 1.165) is 0 Å². The van der Waals surface area contributed by atoms with Crippen LogP contribution in [-0.4, -0.2) is 10.8 Å². The summed E-state index contributed by atoms with van der Waals surface area (Å²) in [5.41, 5.74) is 0.559. The molecule has 20 heavy (non-hydrogen) atoms. The molecule has 1 unspecified atom stereocenters. The van der Waals surface area contributed by atoms with Gasteiger partial charge in [0.2, 0.25) is 0 Å². The predicted octanol–water partition coefficient (Wildman–Crippen LogP) is 4.99. The summed E-state index contributed by atoms with van der Waals surface area (Å²) in [4.78, 5) is 0.130. The van der Waals surface area contributed by atoms with Crippen LogP contribution in [0.4, 0.5) is 8.78 Å². The van der Waals surface area contributed by atoms with Gasteiger partial charge in [-0.2, -0.15) is 0 Å². The molecule has 0 radical (unpaired) electrons. The Kier molecular flexibility index (Phi) is 6.02. The molecule has 0 heterocycles. The Bertz CT molecular complexity index is 429. The summed E-state index contributed by atoms with van der Waals surface area (Å²) in [5, 5.41) is 3.41. The van der Waals surface area contributed by atoms with Crippen LogP contribution < -0.4 is 5.32 Å². The maximum absolute atomic E-state index is 14.1. The summed E-state index contributed by atoms with van der Waals surface area (Å²) in [7, 11) is 0. The van der Waals surface area contributed by atoms with Crippen molar-refractivity contribution < 1.29 is 8.78 Å². The molecule has 0 aliphatic heterocycles. The Morgan fingerprint density at radius 2 is 1.60 bits per heavy atom. The minimum Gasteiger partial charge on any atom is -0.308 e. The number of rotatable bonds is 5. The van der Waals surface area contributed by atoms with Gasteiger partial charge in [-0.15, -0.1) is 11.8 Å². The molecule has 0 aliphatic rings. The second kappa shape index (κ2) is 6.90. The lowest BCUT2D eigenvalue weighted by atomic mass is 10.1. The summed E-state index contributed by atoms with van der Waals surface area (Å²) >= 11 is 1.27. The van der Waals surface area contributed by atoms with Crippen LogP contribution in [0.15, 0.2) is 17.0 Å². The van der Waals surface area contributed by atoms with E-state index in [1.54, 1.807) is 0 Å².